The zero-order valence-electron chi connectivity index (χ0n) is 7.01. The molecule has 0 saturated carbocycles. The minimum atomic E-state index is -0.900. The van der Waals surface area contributed by atoms with Crippen molar-refractivity contribution in [2.24, 2.45) is 0 Å². The van der Waals surface area contributed by atoms with E-state index in [1.807, 2.05) is 0 Å². The maximum Gasteiger partial charge on any atom is 0.141 e. The van der Waals surface area contributed by atoms with Gasteiger partial charge in [0.05, 0.1) is 5.02 Å². The van der Waals surface area contributed by atoms with E-state index in [2.05, 4.69) is 11.8 Å². The molecule has 13 heavy (non-hydrogen) atoms. The van der Waals surface area contributed by atoms with Gasteiger partial charge in [-0.3, -0.25) is 0 Å². The zero-order chi connectivity index (χ0) is 9.84. The van der Waals surface area contributed by atoms with Crippen LogP contribution in [0, 0.1) is 17.7 Å². The fourth-order valence-electron chi connectivity index (χ4n) is 0.903. The van der Waals surface area contributed by atoms with Crippen LogP contribution in [-0.2, 0) is 0 Å². The Kier molecular flexibility index (Phi) is 3.30. The molecule has 68 valence electrons. The summed E-state index contributed by atoms with van der Waals surface area (Å²) in [7, 11) is 0. The Morgan fingerprint density at radius 1 is 1.54 bits per heavy atom. The van der Waals surface area contributed by atoms with Crippen molar-refractivity contribution in [1.82, 2.24) is 0 Å². The molecular weight excluding hydrogens is 191 g/mol. The van der Waals surface area contributed by atoms with E-state index >= 15 is 0 Å². The van der Waals surface area contributed by atoms with E-state index in [9.17, 15) is 9.50 Å². The summed E-state index contributed by atoms with van der Waals surface area (Å²) in [5, 5.41) is 9.38. The van der Waals surface area contributed by atoms with Crippen molar-refractivity contribution in [3.63, 3.8) is 0 Å². The second-order valence-electron chi connectivity index (χ2n) is 2.47. The number of halogens is 2. The first kappa shape index (κ1) is 10.0. The third-order valence-corrected chi connectivity index (χ3v) is 1.83. The first-order valence-electron chi connectivity index (χ1n) is 3.70. The minimum absolute atomic E-state index is 0.00514. The van der Waals surface area contributed by atoms with Crippen molar-refractivity contribution in [3.05, 3.63) is 34.6 Å². The maximum atomic E-state index is 12.7. The normalized spacial score (nSPS) is 11.7. The highest BCUT2D eigenvalue weighted by Gasteiger charge is 2.06. The standard InChI is InChI=1S/C10H8ClFO/c1-2-3-10(13)7-4-5-9(12)8(11)6-7/h4-6,10,13H,1H3. The highest BCUT2D eigenvalue weighted by Crippen LogP contribution is 2.20. The van der Waals surface area contributed by atoms with Gasteiger partial charge in [-0.05, 0) is 24.6 Å². The molecule has 0 aromatic heterocycles. The molecule has 1 N–H and O–H groups in total. The fraction of sp³-hybridized carbons (Fsp3) is 0.200. The summed E-state index contributed by atoms with van der Waals surface area (Å²) in [5.41, 5.74) is 0.501. The Labute approximate surface area is 81.2 Å². The smallest absolute Gasteiger partial charge is 0.141 e. The van der Waals surface area contributed by atoms with Crippen LogP contribution >= 0.6 is 11.6 Å². The number of rotatable bonds is 1. The van der Waals surface area contributed by atoms with E-state index in [1.54, 1.807) is 6.92 Å². The number of aliphatic hydroxyl groups excluding tert-OH is 1. The molecule has 1 nitrogen and oxygen atoms in total. The van der Waals surface area contributed by atoms with Gasteiger partial charge in [0.25, 0.3) is 0 Å². The van der Waals surface area contributed by atoms with Gasteiger partial charge < -0.3 is 5.11 Å². The van der Waals surface area contributed by atoms with Gasteiger partial charge in [-0.1, -0.05) is 23.6 Å². The predicted octanol–water partition coefficient (Wildman–Crippen LogP) is 2.54. The van der Waals surface area contributed by atoms with Crippen LogP contribution < -0.4 is 0 Å². The third-order valence-electron chi connectivity index (χ3n) is 1.54. The first-order valence-corrected chi connectivity index (χ1v) is 4.08. The molecule has 1 aromatic rings. The lowest BCUT2D eigenvalue weighted by atomic mass is 10.1. The Bertz CT molecular complexity index is 365. The third kappa shape index (κ3) is 2.45. The summed E-state index contributed by atoms with van der Waals surface area (Å²) in [6.45, 7) is 1.62. The van der Waals surface area contributed by atoms with Crippen molar-refractivity contribution in [3.8, 4) is 11.8 Å². The van der Waals surface area contributed by atoms with Crippen LogP contribution in [0.15, 0.2) is 18.2 Å². The summed E-state index contributed by atoms with van der Waals surface area (Å²) in [4.78, 5) is 0. The maximum absolute atomic E-state index is 12.7. The van der Waals surface area contributed by atoms with Crippen molar-refractivity contribution in [2.45, 2.75) is 13.0 Å². The summed E-state index contributed by atoms with van der Waals surface area (Å²) in [6, 6.07) is 4.03. The Balaban J connectivity index is 3.01. The van der Waals surface area contributed by atoms with Gasteiger partial charge in [-0.2, -0.15) is 0 Å². The average molecular weight is 199 g/mol. The molecule has 0 bridgehead atoms. The number of benzene rings is 1. The lowest BCUT2D eigenvalue weighted by Crippen LogP contribution is -1.93. The van der Waals surface area contributed by atoms with E-state index in [0.29, 0.717) is 5.56 Å². The number of aliphatic hydroxyl groups is 1. The van der Waals surface area contributed by atoms with Gasteiger partial charge in [0, 0.05) is 0 Å². The molecule has 1 unspecified atom stereocenters. The average Bonchev–Trinajstić information content (AvgIpc) is 2.10. The molecule has 0 saturated heterocycles. The van der Waals surface area contributed by atoms with Crippen LogP contribution in [0.1, 0.15) is 18.6 Å². The molecule has 0 fully saturated rings. The molecule has 0 radical (unpaired) electrons. The van der Waals surface area contributed by atoms with E-state index in [0.717, 1.165) is 0 Å². The molecule has 0 heterocycles. The lowest BCUT2D eigenvalue weighted by molar-refractivity contribution is 0.238. The monoisotopic (exact) mass is 198 g/mol. The van der Waals surface area contributed by atoms with E-state index < -0.39 is 11.9 Å². The SMILES string of the molecule is CC#CC(O)c1ccc(F)c(Cl)c1. The van der Waals surface area contributed by atoms with E-state index in [4.69, 9.17) is 11.6 Å². The second kappa shape index (κ2) is 4.27. The van der Waals surface area contributed by atoms with Crippen LogP contribution in [0.4, 0.5) is 4.39 Å². The first-order chi connectivity index (χ1) is 6.15. The molecule has 0 aliphatic heterocycles. The van der Waals surface area contributed by atoms with Gasteiger partial charge in [-0.15, -0.1) is 5.92 Å². The summed E-state index contributed by atoms with van der Waals surface area (Å²) >= 11 is 5.52. The zero-order valence-corrected chi connectivity index (χ0v) is 7.77. The van der Waals surface area contributed by atoms with Crippen molar-refractivity contribution >= 4 is 11.6 Å². The summed E-state index contributed by atoms with van der Waals surface area (Å²) in [6.07, 6.45) is -0.900. The predicted molar refractivity (Wildman–Crippen MR) is 49.8 cm³/mol. The minimum Gasteiger partial charge on any atom is -0.376 e. The molecule has 0 aliphatic carbocycles. The number of hydrogen-bond acceptors (Lipinski definition) is 1. The fourth-order valence-corrected chi connectivity index (χ4v) is 1.09. The van der Waals surface area contributed by atoms with Gasteiger partial charge in [0.1, 0.15) is 11.9 Å². The highest BCUT2D eigenvalue weighted by atomic mass is 35.5. The molecule has 3 heteroatoms. The van der Waals surface area contributed by atoms with Crippen LogP contribution in [0.3, 0.4) is 0 Å². The van der Waals surface area contributed by atoms with Gasteiger partial charge in [-0.25, -0.2) is 4.39 Å². The largest absolute Gasteiger partial charge is 0.376 e. The lowest BCUT2D eigenvalue weighted by Gasteiger charge is -2.03. The van der Waals surface area contributed by atoms with Crippen LogP contribution in [-0.4, -0.2) is 5.11 Å². The molecule has 0 aliphatic rings. The van der Waals surface area contributed by atoms with Gasteiger partial charge in [0.15, 0.2) is 0 Å². The summed E-state index contributed by atoms with van der Waals surface area (Å²) in [5.74, 6) is 4.60. The van der Waals surface area contributed by atoms with E-state index in [-0.39, 0.29) is 5.02 Å². The van der Waals surface area contributed by atoms with Crippen molar-refractivity contribution in [1.29, 1.82) is 0 Å². The molecule has 0 amide bonds. The molecular formula is C10H8ClFO. The molecule has 1 aromatic carbocycles. The Morgan fingerprint density at radius 3 is 2.77 bits per heavy atom. The van der Waals surface area contributed by atoms with Crippen LogP contribution in [0.2, 0.25) is 5.02 Å². The van der Waals surface area contributed by atoms with Crippen LogP contribution in [0.25, 0.3) is 0 Å². The van der Waals surface area contributed by atoms with Crippen LogP contribution in [0.5, 0.6) is 0 Å². The summed E-state index contributed by atoms with van der Waals surface area (Å²) < 4.78 is 12.7. The molecule has 1 atom stereocenters. The number of hydrogen-bond donors (Lipinski definition) is 1. The quantitative estimate of drug-likeness (QED) is 0.688. The van der Waals surface area contributed by atoms with Gasteiger partial charge in [0.2, 0.25) is 0 Å². The Morgan fingerprint density at radius 2 is 2.23 bits per heavy atom. The second-order valence-corrected chi connectivity index (χ2v) is 2.88. The Hall–Kier alpha value is -1.04. The van der Waals surface area contributed by atoms with E-state index in [1.165, 1.54) is 18.2 Å². The van der Waals surface area contributed by atoms with Crippen molar-refractivity contribution < 1.29 is 9.50 Å². The topological polar surface area (TPSA) is 20.2 Å². The molecule has 1 rings (SSSR count). The van der Waals surface area contributed by atoms with Gasteiger partial charge >= 0.3 is 0 Å². The van der Waals surface area contributed by atoms with Crippen molar-refractivity contribution in [2.75, 3.05) is 0 Å². The molecule has 0 spiro atoms. The highest BCUT2D eigenvalue weighted by molar-refractivity contribution is 6.30.